The van der Waals surface area contributed by atoms with Gasteiger partial charge in [-0.05, 0) is 25.8 Å². The quantitative estimate of drug-likeness (QED) is 0.618. The fraction of sp³-hybridized carbons (Fsp3) is 0.667. The standard InChI is InChI=1S/C12H19N3OS/c1-2-4-9-7-11(16)15-12(14-9)17-8-10-5-3-6-13-10/h7,10,13H,2-6,8H2,1H3,(H,14,15,16). The third kappa shape index (κ3) is 3.85. The molecule has 0 bridgehead atoms. The van der Waals surface area contributed by atoms with E-state index in [2.05, 4.69) is 22.2 Å². The topological polar surface area (TPSA) is 57.8 Å². The van der Waals surface area contributed by atoms with E-state index in [4.69, 9.17) is 0 Å². The van der Waals surface area contributed by atoms with Crippen LogP contribution in [-0.4, -0.2) is 28.3 Å². The van der Waals surface area contributed by atoms with Crippen LogP contribution >= 0.6 is 11.8 Å². The van der Waals surface area contributed by atoms with Gasteiger partial charge in [-0.15, -0.1) is 0 Å². The summed E-state index contributed by atoms with van der Waals surface area (Å²) in [6.07, 6.45) is 4.38. The highest BCUT2D eigenvalue weighted by molar-refractivity contribution is 7.99. The van der Waals surface area contributed by atoms with Crippen LogP contribution in [0.2, 0.25) is 0 Å². The van der Waals surface area contributed by atoms with Gasteiger partial charge in [0.2, 0.25) is 0 Å². The Morgan fingerprint density at radius 1 is 1.59 bits per heavy atom. The second-order valence-electron chi connectivity index (χ2n) is 4.40. The van der Waals surface area contributed by atoms with Gasteiger partial charge in [-0.2, -0.15) is 0 Å². The number of H-pyrrole nitrogens is 1. The summed E-state index contributed by atoms with van der Waals surface area (Å²) in [4.78, 5) is 18.7. The van der Waals surface area contributed by atoms with Gasteiger partial charge in [-0.3, -0.25) is 4.79 Å². The summed E-state index contributed by atoms with van der Waals surface area (Å²) in [6.45, 7) is 3.21. The summed E-state index contributed by atoms with van der Waals surface area (Å²) in [5.74, 6) is 0.985. The summed E-state index contributed by atoms with van der Waals surface area (Å²) in [7, 11) is 0. The molecule has 2 rings (SSSR count). The lowest BCUT2D eigenvalue weighted by atomic mass is 10.2. The van der Waals surface area contributed by atoms with Crippen LogP contribution in [0.4, 0.5) is 0 Å². The highest BCUT2D eigenvalue weighted by Gasteiger charge is 2.14. The summed E-state index contributed by atoms with van der Waals surface area (Å²) in [6, 6.07) is 2.17. The molecular formula is C12H19N3OS. The molecule has 0 aromatic carbocycles. The minimum atomic E-state index is -0.0367. The molecule has 17 heavy (non-hydrogen) atoms. The fourth-order valence-electron chi connectivity index (χ4n) is 2.01. The van der Waals surface area contributed by atoms with Crippen LogP contribution < -0.4 is 10.9 Å². The first-order valence-corrected chi connectivity index (χ1v) is 7.23. The number of hydrogen-bond acceptors (Lipinski definition) is 4. The van der Waals surface area contributed by atoms with Gasteiger partial charge in [0.15, 0.2) is 5.16 Å². The zero-order valence-corrected chi connectivity index (χ0v) is 11.0. The molecular weight excluding hydrogens is 234 g/mol. The molecule has 0 radical (unpaired) electrons. The van der Waals surface area contributed by atoms with Crippen LogP contribution in [0.3, 0.4) is 0 Å². The molecule has 94 valence electrons. The van der Waals surface area contributed by atoms with Gasteiger partial charge < -0.3 is 10.3 Å². The molecule has 1 fully saturated rings. The molecule has 0 aliphatic carbocycles. The molecule has 4 nitrogen and oxygen atoms in total. The highest BCUT2D eigenvalue weighted by atomic mass is 32.2. The zero-order valence-electron chi connectivity index (χ0n) is 10.2. The molecule has 5 heteroatoms. The third-order valence-electron chi connectivity index (χ3n) is 2.86. The molecule has 2 heterocycles. The van der Waals surface area contributed by atoms with Crippen molar-refractivity contribution in [3.63, 3.8) is 0 Å². The zero-order chi connectivity index (χ0) is 12.1. The van der Waals surface area contributed by atoms with E-state index in [-0.39, 0.29) is 5.56 Å². The Hall–Kier alpha value is -0.810. The van der Waals surface area contributed by atoms with E-state index < -0.39 is 0 Å². The van der Waals surface area contributed by atoms with Gasteiger partial charge in [0, 0.05) is 23.6 Å². The molecule has 0 saturated carbocycles. The molecule has 1 aromatic heterocycles. The number of rotatable bonds is 5. The summed E-state index contributed by atoms with van der Waals surface area (Å²) in [5.41, 5.74) is 0.864. The van der Waals surface area contributed by atoms with Crippen molar-refractivity contribution in [2.45, 2.75) is 43.8 Å². The van der Waals surface area contributed by atoms with Gasteiger partial charge in [-0.1, -0.05) is 25.1 Å². The molecule has 0 spiro atoms. The molecule has 1 saturated heterocycles. The van der Waals surface area contributed by atoms with E-state index in [1.54, 1.807) is 17.8 Å². The van der Waals surface area contributed by atoms with Gasteiger partial charge >= 0.3 is 0 Å². The number of nitrogens with zero attached hydrogens (tertiary/aromatic N) is 1. The predicted octanol–water partition coefficient (Wildman–Crippen LogP) is 1.57. The lowest BCUT2D eigenvalue weighted by Crippen LogP contribution is -2.24. The Morgan fingerprint density at radius 2 is 2.47 bits per heavy atom. The molecule has 1 atom stereocenters. The van der Waals surface area contributed by atoms with Crippen LogP contribution in [0.15, 0.2) is 16.0 Å². The molecule has 1 aromatic rings. The second kappa shape index (κ2) is 6.21. The first-order chi connectivity index (χ1) is 8.28. The minimum Gasteiger partial charge on any atom is -0.313 e. The number of aryl methyl sites for hydroxylation is 1. The van der Waals surface area contributed by atoms with Gasteiger partial charge in [-0.25, -0.2) is 4.98 Å². The number of hydrogen-bond donors (Lipinski definition) is 2. The number of aromatic amines is 1. The minimum absolute atomic E-state index is 0.0367. The smallest absolute Gasteiger partial charge is 0.251 e. The van der Waals surface area contributed by atoms with E-state index in [0.29, 0.717) is 6.04 Å². The number of thioether (sulfide) groups is 1. The fourth-order valence-corrected chi connectivity index (χ4v) is 3.01. The van der Waals surface area contributed by atoms with E-state index in [9.17, 15) is 4.79 Å². The van der Waals surface area contributed by atoms with E-state index in [0.717, 1.165) is 36.0 Å². The number of nitrogens with one attached hydrogen (secondary N) is 2. The third-order valence-corrected chi connectivity index (χ3v) is 3.90. The maximum absolute atomic E-state index is 11.5. The van der Waals surface area contributed by atoms with Crippen molar-refractivity contribution < 1.29 is 0 Å². The predicted molar refractivity (Wildman–Crippen MR) is 70.6 cm³/mol. The largest absolute Gasteiger partial charge is 0.313 e. The SMILES string of the molecule is CCCc1cc(=O)[nH]c(SCC2CCCN2)n1. The van der Waals surface area contributed by atoms with Crippen LogP contribution in [0.25, 0.3) is 0 Å². The van der Waals surface area contributed by atoms with Crippen LogP contribution in [0.1, 0.15) is 31.9 Å². The van der Waals surface area contributed by atoms with Crippen molar-refractivity contribution in [3.05, 3.63) is 22.1 Å². The van der Waals surface area contributed by atoms with Crippen molar-refractivity contribution in [1.29, 1.82) is 0 Å². The Morgan fingerprint density at radius 3 is 3.18 bits per heavy atom. The second-order valence-corrected chi connectivity index (χ2v) is 5.40. The van der Waals surface area contributed by atoms with Gasteiger partial charge in [0.25, 0.3) is 5.56 Å². The van der Waals surface area contributed by atoms with Crippen molar-refractivity contribution in [1.82, 2.24) is 15.3 Å². The van der Waals surface area contributed by atoms with Crippen LogP contribution in [0, 0.1) is 0 Å². The van der Waals surface area contributed by atoms with Crippen molar-refractivity contribution in [2.24, 2.45) is 0 Å². The highest BCUT2D eigenvalue weighted by Crippen LogP contribution is 2.17. The Balaban J connectivity index is 1.96. The molecule has 0 amide bonds. The molecule has 1 unspecified atom stereocenters. The maximum atomic E-state index is 11.5. The average Bonchev–Trinajstić information content (AvgIpc) is 2.79. The van der Waals surface area contributed by atoms with E-state index in [1.807, 2.05) is 0 Å². The van der Waals surface area contributed by atoms with E-state index in [1.165, 1.54) is 12.8 Å². The van der Waals surface area contributed by atoms with E-state index >= 15 is 0 Å². The summed E-state index contributed by atoms with van der Waals surface area (Å²) in [5, 5.41) is 4.20. The first-order valence-electron chi connectivity index (χ1n) is 6.24. The first kappa shape index (κ1) is 12.6. The van der Waals surface area contributed by atoms with Crippen molar-refractivity contribution in [3.8, 4) is 0 Å². The Labute approximate surface area is 106 Å². The Bertz CT molecular complexity index is 412. The molecule has 1 aliphatic rings. The summed E-state index contributed by atoms with van der Waals surface area (Å²) >= 11 is 1.64. The molecule has 1 aliphatic heterocycles. The Kier molecular flexibility index (Phi) is 4.62. The normalized spacial score (nSPS) is 19.7. The lowest BCUT2D eigenvalue weighted by Gasteiger charge is -2.09. The number of aromatic nitrogens is 2. The average molecular weight is 253 g/mol. The summed E-state index contributed by atoms with van der Waals surface area (Å²) < 4.78 is 0. The van der Waals surface area contributed by atoms with Gasteiger partial charge in [0.05, 0.1) is 0 Å². The molecule has 2 N–H and O–H groups in total. The van der Waals surface area contributed by atoms with Crippen molar-refractivity contribution >= 4 is 11.8 Å². The van der Waals surface area contributed by atoms with Crippen LogP contribution in [0.5, 0.6) is 0 Å². The monoisotopic (exact) mass is 253 g/mol. The van der Waals surface area contributed by atoms with Crippen molar-refractivity contribution in [2.75, 3.05) is 12.3 Å². The maximum Gasteiger partial charge on any atom is 0.251 e. The van der Waals surface area contributed by atoms with Crippen LogP contribution in [-0.2, 0) is 6.42 Å². The lowest BCUT2D eigenvalue weighted by molar-refractivity contribution is 0.672. The van der Waals surface area contributed by atoms with Gasteiger partial charge in [0.1, 0.15) is 0 Å².